The molecule has 0 saturated heterocycles. The van der Waals surface area contributed by atoms with Gasteiger partial charge in [-0.2, -0.15) is 5.10 Å². The summed E-state index contributed by atoms with van der Waals surface area (Å²) in [4.78, 5) is 14.2. The molecule has 21 heavy (non-hydrogen) atoms. The summed E-state index contributed by atoms with van der Waals surface area (Å²) in [5.74, 6) is -0.101. The fourth-order valence-corrected chi connectivity index (χ4v) is 2.47. The maximum absolute atomic E-state index is 12.5. The number of H-pyrrole nitrogens is 1. The van der Waals surface area contributed by atoms with Gasteiger partial charge >= 0.3 is 0 Å². The van der Waals surface area contributed by atoms with E-state index in [1.54, 1.807) is 11.9 Å². The zero-order valence-electron chi connectivity index (χ0n) is 12.3. The monoisotopic (exact) mass is 374 g/mol. The highest BCUT2D eigenvalue weighted by atomic mass is 79.9. The first-order valence-electron chi connectivity index (χ1n) is 6.43. The van der Waals surface area contributed by atoms with Gasteiger partial charge in [0.1, 0.15) is 0 Å². The van der Waals surface area contributed by atoms with E-state index in [1.165, 1.54) is 0 Å². The smallest absolute Gasteiger partial charge is 0.274 e. The van der Waals surface area contributed by atoms with Gasteiger partial charge in [-0.1, -0.05) is 29.8 Å². The third-order valence-electron chi connectivity index (χ3n) is 3.29. The zero-order valence-corrected chi connectivity index (χ0v) is 14.7. The average molecular weight is 376 g/mol. The first-order valence-corrected chi connectivity index (χ1v) is 7.22. The molecule has 0 aliphatic rings. The zero-order chi connectivity index (χ0) is 14.9. The van der Waals surface area contributed by atoms with Crippen LogP contribution >= 0.6 is 28.3 Å². The number of benzene rings is 1. The van der Waals surface area contributed by atoms with E-state index >= 15 is 0 Å². The molecular weight excluding hydrogens is 356 g/mol. The molecule has 7 heteroatoms. The van der Waals surface area contributed by atoms with Crippen LogP contribution in [0.2, 0.25) is 0 Å². The number of nitrogens with zero attached hydrogens (tertiary/aromatic N) is 2. The molecule has 0 saturated carbocycles. The van der Waals surface area contributed by atoms with Crippen molar-refractivity contribution < 1.29 is 4.79 Å². The Kier molecular flexibility index (Phi) is 5.78. The third kappa shape index (κ3) is 3.96. The highest BCUT2D eigenvalue weighted by Crippen LogP contribution is 2.23. The topological polar surface area (TPSA) is 75.0 Å². The normalized spacial score (nSPS) is 11.3. The van der Waals surface area contributed by atoms with Crippen LogP contribution < -0.4 is 5.73 Å². The second-order valence-electron chi connectivity index (χ2n) is 5.79. The number of halogens is 2. The molecule has 116 valence electrons. The lowest BCUT2D eigenvalue weighted by Crippen LogP contribution is -2.39. The maximum Gasteiger partial charge on any atom is 0.274 e. The van der Waals surface area contributed by atoms with Crippen molar-refractivity contribution in [1.82, 2.24) is 15.1 Å². The Morgan fingerprint density at radius 3 is 2.76 bits per heavy atom. The predicted molar refractivity (Wildman–Crippen MR) is 90.8 cm³/mol. The van der Waals surface area contributed by atoms with Crippen molar-refractivity contribution in [2.24, 2.45) is 11.1 Å². The van der Waals surface area contributed by atoms with Gasteiger partial charge in [0.2, 0.25) is 0 Å². The van der Waals surface area contributed by atoms with E-state index in [9.17, 15) is 4.79 Å². The first kappa shape index (κ1) is 17.9. The predicted octanol–water partition coefficient (Wildman–Crippen LogP) is 2.80. The van der Waals surface area contributed by atoms with Crippen LogP contribution in [0, 0.1) is 5.41 Å². The number of amides is 1. The minimum atomic E-state index is -0.114. The summed E-state index contributed by atoms with van der Waals surface area (Å²) in [6.45, 7) is 5.19. The highest BCUT2D eigenvalue weighted by molar-refractivity contribution is 9.10. The minimum absolute atomic E-state index is 0. The van der Waals surface area contributed by atoms with Crippen LogP contribution in [0.3, 0.4) is 0 Å². The molecule has 0 aliphatic heterocycles. The summed E-state index contributed by atoms with van der Waals surface area (Å²) in [7, 11) is 1.78. The van der Waals surface area contributed by atoms with Gasteiger partial charge in [0.25, 0.3) is 5.91 Å². The van der Waals surface area contributed by atoms with Crippen LogP contribution in [0.5, 0.6) is 0 Å². The minimum Gasteiger partial charge on any atom is -0.340 e. The molecule has 1 amide bonds. The molecule has 1 heterocycles. The van der Waals surface area contributed by atoms with Gasteiger partial charge < -0.3 is 10.6 Å². The molecule has 0 bridgehead atoms. The number of fused-ring (bicyclic) bond motifs is 1. The lowest BCUT2D eigenvalue weighted by atomic mass is 9.93. The molecular formula is C14H20BrClN4O. The van der Waals surface area contributed by atoms with Crippen molar-refractivity contribution >= 4 is 45.1 Å². The molecule has 2 rings (SSSR count). The molecule has 0 spiro atoms. The highest BCUT2D eigenvalue weighted by Gasteiger charge is 2.24. The van der Waals surface area contributed by atoms with Gasteiger partial charge in [-0.3, -0.25) is 9.89 Å². The quantitative estimate of drug-likeness (QED) is 0.863. The Balaban J connectivity index is 0.00000220. The lowest BCUT2D eigenvalue weighted by Gasteiger charge is -2.28. The number of nitrogens with one attached hydrogen (secondary N) is 1. The summed E-state index contributed by atoms with van der Waals surface area (Å²) in [5, 5.41) is 7.85. The van der Waals surface area contributed by atoms with Crippen molar-refractivity contribution in [2.45, 2.75) is 13.8 Å². The van der Waals surface area contributed by atoms with Gasteiger partial charge in [-0.05, 0) is 30.2 Å². The van der Waals surface area contributed by atoms with E-state index < -0.39 is 0 Å². The van der Waals surface area contributed by atoms with Crippen LogP contribution in [-0.4, -0.2) is 41.1 Å². The van der Waals surface area contributed by atoms with Crippen LogP contribution in [-0.2, 0) is 0 Å². The molecule has 0 unspecified atom stereocenters. The van der Waals surface area contributed by atoms with Crippen molar-refractivity contribution in [3.8, 4) is 0 Å². The number of aromatic amines is 1. The molecule has 0 radical (unpaired) electrons. The molecule has 0 atom stereocenters. The van der Waals surface area contributed by atoms with Crippen LogP contribution in [0.25, 0.3) is 10.9 Å². The van der Waals surface area contributed by atoms with Crippen molar-refractivity contribution in [2.75, 3.05) is 20.1 Å². The van der Waals surface area contributed by atoms with E-state index in [0.29, 0.717) is 18.8 Å². The third-order valence-corrected chi connectivity index (χ3v) is 3.79. The van der Waals surface area contributed by atoms with Crippen molar-refractivity contribution in [3.05, 3.63) is 28.4 Å². The Morgan fingerprint density at radius 1 is 1.48 bits per heavy atom. The van der Waals surface area contributed by atoms with E-state index in [-0.39, 0.29) is 23.7 Å². The molecule has 1 aromatic heterocycles. The largest absolute Gasteiger partial charge is 0.340 e. The summed E-state index contributed by atoms with van der Waals surface area (Å²) in [5.41, 5.74) is 6.90. The fourth-order valence-electron chi connectivity index (χ4n) is 2.11. The Hall–Kier alpha value is -1.11. The van der Waals surface area contributed by atoms with Crippen LogP contribution in [0.1, 0.15) is 24.3 Å². The van der Waals surface area contributed by atoms with Crippen LogP contribution in [0.4, 0.5) is 0 Å². The second-order valence-corrected chi connectivity index (χ2v) is 6.71. The van der Waals surface area contributed by atoms with E-state index in [4.69, 9.17) is 5.73 Å². The van der Waals surface area contributed by atoms with Crippen molar-refractivity contribution in [1.29, 1.82) is 0 Å². The van der Waals surface area contributed by atoms with E-state index in [2.05, 4.69) is 26.1 Å². The van der Waals surface area contributed by atoms with Gasteiger partial charge in [0, 0.05) is 23.5 Å². The Bertz CT molecular complexity index is 641. The second kappa shape index (κ2) is 6.77. The molecule has 3 N–H and O–H groups in total. The number of nitrogens with two attached hydrogens (primary N) is 1. The lowest BCUT2D eigenvalue weighted by molar-refractivity contribution is 0.0736. The van der Waals surface area contributed by atoms with Gasteiger partial charge in [-0.15, -0.1) is 12.4 Å². The molecule has 5 nitrogen and oxygen atoms in total. The number of hydrogen-bond donors (Lipinski definition) is 2. The molecule has 0 fully saturated rings. The molecule has 1 aromatic carbocycles. The number of aromatic nitrogens is 2. The van der Waals surface area contributed by atoms with Gasteiger partial charge in [-0.25, -0.2) is 0 Å². The Labute approximate surface area is 138 Å². The molecule has 2 aromatic rings. The maximum atomic E-state index is 12.5. The van der Waals surface area contributed by atoms with Crippen LogP contribution in [0.15, 0.2) is 22.7 Å². The number of carbonyl (C=O) groups excluding carboxylic acids is 1. The fraction of sp³-hybridized carbons (Fsp3) is 0.429. The average Bonchev–Trinajstić information content (AvgIpc) is 2.80. The van der Waals surface area contributed by atoms with E-state index in [1.807, 2.05) is 32.0 Å². The van der Waals surface area contributed by atoms with Gasteiger partial charge in [0.05, 0.1) is 5.52 Å². The number of hydrogen-bond acceptors (Lipinski definition) is 3. The number of carbonyl (C=O) groups is 1. The van der Waals surface area contributed by atoms with E-state index in [0.717, 1.165) is 15.4 Å². The standard InChI is InChI=1S/C14H19BrN4O.ClH/c1-14(2,7-16)8-19(3)13(20)12-10-6-9(15)4-5-11(10)17-18-12;/h4-6H,7-8,16H2,1-3H3,(H,17,18);1H. The summed E-state index contributed by atoms with van der Waals surface area (Å²) >= 11 is 3.41. The van der Waals surface area contributed by atoms with Crippen molar-refractivity contribution in [3.63, 3.8) is 0 Å². The summed E-state index contributed by atoms with van der Waals surface area (Å²) < 4.78 is 0.922. The number of rotatable bonds is 4. The SMILES string of the molecule is CN(CC(C)(C)CN)C(=O)c1n[nH]c2ccc(Br)cc12.Cl. The van der Waals surface area contributed by atoms with Gasteiger partial charge in [0.15, 0.2) is 5.69 Å². The summed E-state index contributed by atoms with van der Waals surface area (Å²) in [6.07, 6.45) is 0. The Morgan fingerprint density at radius 2 is 2.14 bits per heavy atom. The summed E-state index contributed by atoms with van der Waals surface area (Å²) in [6, 6.07) is 5.71. The first-order chi connectivity index (χ1) is 9.34. The molecule has 0 aliphatic carbocycles.